The van der Waals surface area contributed by atoms with E-state index >= 15 is 4.39 Å². The number of carbonyl (C=O) groups is 1. The van der Waals surface area contributed by atoms with Crippen molar-refractivity contribution in [3.8, 4) is 34.5 Å². The lowest BCUT2D eigenvalue weighted by molar-refractivity contribution is 0.0512. The summed E-state index contributed by atoms with van der Waals surface area (Å²) in [4.78, 5) is 33.1. The highest BCUT2D eigenvalue weighted by molar-refractivity contribution is 6.90. The molecule has 13 heteroatoms. The fourth-order valence-electron chi connectivity index (χ4n) is 11.3. The molecule has 3 fully saturated rings. The van der Waals surface area contributed by atoms with Crippen molar-refractivity contribution in [1.29, 1.82) is 0 Å². The Morgan fingerprint density at radius 1 is 1.05 bits per heavy atom. The third kappa shape index (κ3) is 7.08. The lowest BCUT2D eigenvalue weighted by atomic mass is 9.88. The average molecular weight is 835 g/mol. The Kier molecular flexibility index (Phi) is 11.6. The Morgan fingerprint density at radius 3 is 2.45 bits per heavy atom. The number of nitrogens with zero attached hydrogens (tertiary/aromatic N) is 6. The second kappa shape index (κ2) is 16.6. The first-order valence-electron chi connectivity index (χ1n) is 21.7. The summed E-state index contributed by atoms with van der Waals surface area (Å²) in [5, 5.41) is 12.1. The molecule has 2 bridgehead atoms. The summed E-state index contributed by atoms with van der Waals surface area (Å²) in [6.45, 7) is 19.1. The average Bonchev–Trinajstić information content (AvgIpc) is 3.87. The molecule has 0 aliphatic carbocycles. The van der Waals surface area contributed by atoms with Crippen molar-refractivity contribution in [2.75, 3.05) is 51.6 Å². The monoisotopic (exact) mass is 834 g/mol. The van der Waals surface area contributed by atoms with Crippen molar-refractivity contribution in [1.82, 2.24) is 24.8 Å². The van der Waals surface area contributed by atoms with Gasteiger partial charge < -0.3 is 24.2 Å². The van der Waals surface area contributed by atoms with Crippen LogP contribution in [0.1, 0.15) is 86.1 Å². The number of piperazine rings is 1. The van der Waals surface area contributed by atoms with Gasteiger partial charge in [0, 0.05) is 49.5 Å². The molecule has 60 heavy (non-hydrogen) atoms. The van der Waals surface area contributed by atoms with E-state index < -0.39 is 20.0 Å². The van der Waals surface area contributed by atoms with E-state index in [2.05, 4.69) is 75.8 Å². The van der Waals surface area contributed by atoms with Crippen molar-refractivity contribution in [3.05, 3.63) is 59.6 Å². The summed E-state index contributed by atoms with van der Waals surface area (Å²) in [5.41, 5.74) is 7.87. The van der Waals surface area contributed by atoms with Crippen LogP contribution in [0, 0.1) is 17.3 Å². The fourth-order valence-corrected chi connectivity index (χ4v) is 16.5. The molecule has 8 rings (SSSR count). The van der Waals surface area contributed by atoms with E-state index in [1.807, 2.05) is 30.3 Å². The normalized spacial score (nSPS) is 21.6. The van der Waals surface area contributed by atoms with Crippen LogP contribution >= 0.6 is 0 Å². The highest BCUT2D eigenvalue weighted by Crippen LogP contribution is 2.44. The SMILES string of the molecule is CCC1=CCN2CCCC12COc1nc(N2C[C@H]3CC[C@@H](C2)N3C(=O)O)c2cnc(-c3cc(OCOC)cc4cccc(C#C[Si](C(C)C)(C(C)C)C(C)C)c34)c(F)c2n1. The fraction of sp³-hybridized carbons (Fsp3) is 0.532. The minimum atomic E-state index is -2.12. The molecule has 4 aromatic rings. The summed E-state index contributed by atoms with van der Waals surface area (Å²) in [7, 11) is -0.555. The maximum Gasteiger partial charge on any atom is 0.407 e. The summed E-state index contributed by atoms with van der Waals surface area (Å²) in [5.74, 6) is 4.05. The predicted octanol–water partition coefficient (Wildman–Crippen LogP) is 9.43. The lowest BCUT2D eigenvalue weighted by Crippen LogP contribution is -2.55. The molecule has 4 aliphatic rings. The minimum Gasteiger partial charge on any atom is -0.468 e. The van der Waals surface area contributed by atoms with Gasteiger partial charge in [0.1, 0.15) is 37.5 Å². The van der Waals surface area contributed by atoms with Crippen LogP contribution in [0.25, 0.3) is 32.9 Å². The van der Waals surface area contributed by atoms with Gasteiger partial charge in [0.25, 0.3) is 0 Å². The lowest BCUT2D eigenvalue weighted by Gasteiger charge is -2.40. The molecule has 1 unspecified atom stereocenters. The van der Waals surface area contributed by atoms with Crippen molar-refractivity contribution in [3.63, 3.8) is 0 Å². The standard InChI is InChI=1S/C47H59FN6O5Si/c1-9-34-16-20-53-19-11-18-47(34,53)27-58-45-50-43-39(44(51-45)52-25-35-14-15-36(26-52)54(35)46(55)56)24-49-42(41(43)48)38-23-37(59-28-57-8)22-33-13-10-12-32(40(33)38)17-21-60(29(2)3,30(4)5)31(6)7/h10,12-13,16,22-24,29-31,35-36H,9,11,14-15,18-20,25-28H2,1-8H3,(H,55,56)/t35-,36+,47?. The van der Waals surface area contributed by atoms with Gasteiger partial charge in [-0.05, 0) is 84.4 Å². The Hall–Kier alpha value is -4.77. The molecular formula is C47H59FN6O5Si. The largest absolute Gasteiger partial charge is 0.468 e. The van der Waals surface area contributed by atoms with Gasteiger partial charge in [-0.1, -0.05) is 72.6 Å². The quantitative estimate of drug-likeness (QED) is 0.0641. The molecule has 6 heterocycles. The molecule has 3 saturated heterocycles. The molecule has 0 radical (unpaired) electrons. The Bertz CT molecular complexity index is 2360. The van der Waals surface area contributed by atoms with Gasteiger partial charge in [0.2, 0.25) is 0 Å². The Balaban J connectivity index is 1.30. The maximum absolute atomic E-state index is 17.8. The third-order valence-electron chi connectivity index (χ3n) is 14.1. The number of halogens is 1. The van der Waals surface area contributed by atoms with Crippen molar-refractivity contribution in [2.24, 2.45) is 0 Å². The van der Waals surface area contributed by atoms with Crippen molar-refractivity contribution >= 4 is 41.7 Å². The molecule has 11 nitrogen and oxygen atoms in total. The first kappa shape index (κ1) is 41.9. The number of benzene rings is 2. The first-order valence-corrected chi connectivity index (χ1v) is 24.0. The Morgan fingerprint density at radius 2 is 1.78 bits per heavy atom. The molecule has 1 N–H and O–H groups in total. The van der Waals surface area contributed by atoms with Crippen LogP contribution in [0.4, 0.5) is 15.0 Å². The number of hydrogen-bond acceptors (Lipinski definition) is 9. The number of rotatable bonds is 12. The maximum atomic E-state index is 17.8. The number of hydrogen-bond donors (Lipinski definition) is 1. The number of anilines is 1. The number of amides is 1. The van der Waals surface area contributed by atoms with E-state index in [0.29, 0.717) is 58.8 Å². The van der Waals surface area contributed by atoms with E-state index in [9.17, 15) is 9.90 Å². The predicted molar refractivity (Wildman–Crippen MR) is 237 cm³/mol. The van der Waals surface area contributed by atoms with Crippen LogP contribution < -0.4 is 14.4 Å². The summed E-state index contributed by atoms with van der Waals surface area (Å²) >= 11 is 0. The van der Waals surface area contributed by atoms with Crippen molar-refractivity contribution < 1.29 is 28.5 Å². The third-order valence-corrected chi connectivity index (χ3v) is 20.4. The molecule has 318 valence electrons. The molecule has 2 aromatic carbocycles. The number of aromatic nitrogens is 3. The zero-order valence-electron chi connectivity index (χ0n) is 36.3. The number of fused-ring (bicyclic) bond motifs is 5. The van der Waals surface area contributed by atoms with E-state index in [4.69, 9.17) is 29.2 Å². The van der Waals surface area contributed by atoms with Gasteiger partial charge in [0.05, 0.1) is 23.0 Å². The number of ether oxygens (including phenoxy) is 3. The summed E-state index contributed by atoms with van der Waals surface area (Å²) in [6.07, 6.45) is 7.56. The zero-order valence-corrected chi connectivity index (χ0v) is 37.3. The zero-order chi connectivity index (χ0) is 42.5. The molecule has 4 aliphatic heterocycles. The highest BCUT2D eigenvalue weighted by Gasteiger charge is 2.48. The van der Waals surface area contributed by atoms with Crippen LogP contribution in [0.2, 0.25) is 16.6 Å². The minimum absolute atomic E-state index is 0.0195. The molecule has 3 atom stereocenters. The van der Waals surface area contributed by atoms with E-state index in [0.717, 1.165) is 61.5 Å². The number of methoxy groups -OCH3 is 1. The van der Waals surface area contributed by atoms with Gasteiger partial charge in [-0.15, -0.1) is 5.54 Å². The van der Waals surface area contributed by atoms with E-state index in [1.165, 1.54) is 5.57 Å². The van der Waals surface area contributed by atoms with Crippen molar-refractivity contribution in [2.45, 2.75) is 115 Å². The van der Waals surface area contributed by atoms with E-state index in [-0.39, 0.29) is 41.6 Å². The highest BCUT2D eigenvalue weighted by atomic mass is 28.3. The van der Waals surface area contributed by atoms with Gasteiger partial charge >= 0.3 is 12.1 Å². The van der Waals surface area contributed by atoms with Gasteiger partial charge in [0.15, 0.2) is 12.6 Å². The summed E-state index contributed by atoms with van der Waals surface area (Å²) < 4.78 is 35.7. The van der Waals surface area contributed by atoms with Gasteiger partial charge in [-0.3, -0.25) is 14.8 Å². The first-order chi connectivity index (χ1) is 28.8. The topological polar surface area (TPSA) is 113 Å². The molecule has 1 amide bonds. The van der Waals surface area contributed by atoms with Gasteiger partial charge in [-0.25, -0.2) is 9.18 Å². The van der Waals surface area contributed by atoms with Crippen LogP contribution in [0.3, 0.4) is 0 Å². The molecule has 0 saturated carbocycles. The van der Waals surface area contributed by atoms with Crippen LogP contribution in [0.5, 0.6) is 11.8 Å². The Labute approximate surface area is 354 Å². The van der Waals surface area contributed by atoms with E-state index in [1.54, 1.807) is 18.2 Å². The molecule has 2 aromatic heterocycles. The second-order valence-electron chi connectivity index (χ2n) is 18.0. The van der Waals surface area contributed by atoms with Crippen LogP contribution in [-0.4, -0.2) is 108 Å². The number of pyridine rings is 1. The molecule has 0 spiro atoms. The second-order valence-corrected chi connectivity index (χ2v) is 23.6. The molecular weight excluding hydrogens is 776 g/mol. The van der Waals surface area contributed by atoms with Crippen LogP contribution in [0.15, 0.2) is 48.2 Å². The summed E-state index contributed by atoms with van der Waals surface area (Å²) in [6, 6.07) is 9.44. The number of carboxylic acid groups (broad SMARTS) is 1. The van der Waals surface area contributed by atoms with Gasteiger partial charge in [-0.2, -0.15) is 9.97 Å². The smallest absolute Gasteiger partial charge is 0.407 e. The van der Waals surface area contributed by atoms with Crippen LogP contribution in [-0.2, 0) is 4.74 Å².